The van der Waals surface area contributed by atoms with Crippen molar-refractivity contribution < 1.29 is 18.5 Å². The second-order valence-electron chi connectivity index (χ2n) is 7.66. The number of hydrogen-bond acceptors (Lipinski definition) is 6. The quantitative estimate of drug-likeness (QED) is 0.161. The van der Waals surface area contributed by atoms with Crippen LogP contribution in [0.3, 0.4) is 0 Å². The van der Waals surface area contributed by atoms with Crippen molar-refractivity contribution >= 4 is 17.8 Å². The minimum atomic E-state index is -0.692. The summed E-state index contributed by atoms with van der Waals surface area (Å²) in [6, 6.07) is 11.4. The van der Waals surface area contributed by atoms with Gasteiger partial charge in [-0.05, 0) is 49.1 Å². The first-order chi connectivity index (χ1) is 16.6. The Hall–Kier alpha value is -4.27. The Kier molecular flexibility index (Phi) is 7.44. The molecule has 0 atom stereocenters. The van der Waals surface area contributed by atoms with E-state index in [0.29, 0.717) is 5.69 Å². The number of unbranched alkanes of at least 4 members (excludes halogenated alkanes) is 1. The molecule has 0 spiro atoms. The lowest BCUT2D eigenvalue weighted by atomic mass is 10.1. The van der Waals surface area contributed by atoms with Crippen molar-refractivity contribution in [2.45, 2.75) is 32.4 Å². The number of nitrogens with zero attached hydrogens (tertiary/aromatic N) is 4. The molecule has 8 nitrogen and oxygen atoms in total. The molecule has 34 heavy (non-hydrogen) atoms. The number of hydrogen-bond donors (Lipinski definition) is 0. The third kappa shape index (κ3) is 6.38. The number of benzene rings is 2. The predicted molar refractivity (Wildman–Crippen MR) is 124 cm³/mol. The summed E-state index contributed by atoms with van der Waals surface area (Å²) in [5, 5.41) is 10.7. The van der Waals surface area contributed by atoms with Crippen LogP contribution in [-0.4, -0.2) is 19.5 Å². The van der Waals surface area contributed by atoms with Gasteiger partial charge in [0.25, 0.3) is 5.69 Å². The van der Waals surface area contributed by atoms with E-state index in [1.807, 2.05) is 24.7 Å². The largest absolute Gasteiger partial charge is 0.487 e. The summed E-state index contributed by atoms with van der Waals surface area (Å²) in [6.45, 7) is 1.20. The highest BCUT2D eigenvalue weighted by atomic mass is 19.1. The number of rotatable bonds is 11. The first-order valence-corrected chi connectivity index (χ1v) is 10.8. The highest BCUT2D eigenvalue weighted by Crippen LogP contribution is 2.19. The van der Waals surface area contributed by atoms with Gasteiger partial charge in [0.05, 0.1) is 17.3 Å². The zero-order chi connectivity index (χ0) is 23.8. The monoisotopic (exact) mass is 462 g/mol. The third-order valence-corrected chi connectivity index (χ3v) is 5.17. The summed E-state index contributed by atoms with van der Waals surface area (Å²) < 4.78 is 27.2. The minimum Gasteiger partial charge on any atom is -0.487 e. The number of non-ortho nitro benzene ring substituents is 1. The van der Waals surface area contributed by atoms with Gasteiger partial charge >= 0.3 is 0 Å². The van der Waals surface area contributed by atoms with Gasteiger partial charge in [-0.1, -0.05) is 12.1 Å². The molecule has 4 aromatic rings. The van der Waals surface area contributed by atoms with Crippen LogP contribution in [0.1, 0.15) is 35.6 Å². The van der Waals surface area contributed by atoms with Crippen LogP contribution < -0.4 is 4.74 Å². The first kappa shape index (κ1) is 22.9. The summed E-state index contributed by atoms with van der Waals surface area (Å²) in [7, 11) is 0. The van der Waals surface area contributed by atoms with E-state index in [4.69, 9.17) is 9.15 Å². The molecule has 2 aromatic carbocycles. The van der Waals surface area contributed by atoms with Crippen LogP contribution in [0.25, 0.3) is 12.2 Å². The smallest absolute Gasteiger partial charge is 0.272 e. The van der Waals surface area contributed by atoms with Crippen LogP contribution in [0.2, 0.25) is 0 Å². The fraction of sp³-hybridized carbons (Fsp3) is 0.200. The lowest BCUT2D eigenvalue weighted by molar-refractivity contribution is -0.385. The van der Waals surface area contributed by atoms with Gasteiger partial charge in [0, 0.05) is 36.6 Å². The molecular weight excluding hydrogens is 439 g/mol. The number of nitro groups is 1. The molecule has 0 aliphatic rings. The molecule has 9 heteroatoms. The van der Waals surface area contributed by atoms with Gasteiger partial charge in [0.15, 0.2) is 0 Å². The minimum absolute atomic E-state index is 0.198. The fourth-order valence-corrected chi connectivity index (χ4v) is 3.34. The van der Waals surface area contributed by atoms with Crippen LogP contribution in [0.5, 0.6) is 5.75 Å². The number of ether oxygens (including phenoxy) is 1. The van der Waals surface area contributed by atoms with Crippen molar-refractivity contribution in [3.05, 3.63) is 106 Å². The number of aromatic nitrogens is 3. The molecule has 0 saturated carbocycles. The van der Waals surface area contributed by atoms with Crippen molar-refractivity contribution in [2.75, 3.05) is 0 Å². The summed E-state index contributed by atoms with van der Waals surface area (Å²) in [5.74, 6) is 0.319. The van der Waals surface area contributed by atoms with Crippen molar-refractivity contribution in [2.24, 2.45) is 0 Å². The summed E-state index contributed by atoms with van der Waals surface area (Å²) >= 11 is 0. The van der Waals surface area contributed by atoms with E-state index in [1.54, 1.807) is 6.20 Å². The maximum absolute atomic E-state index is 14.0. The average Bonchev–Trinajstić information content (AvgIpc) is 3.52. The van der Waals surface area contributed by atoms with E-state index in [-0.39, 0.29) is 23.7 Å². The molecule has 4 rings (SSSR count). The Morgan fingerprint density at radius 2 is 2.00 bits per heavy atom. The molecular formula is C25H23FN4O4. The van der Waals surface area contributed by atoms with E-state index < -0.39 is 10.7 Å². The van der Waals surface area contributed by atoms with Gasteiger partial charge in [-0.3, -0.25) is 10.1 Å². The van der Waals surface area contributed by atoms with Gasteiger partial charge in [0.2, 0.25) is 5.89 Å². The number of imidazole rings is 1. The summed E-state index contributed by atoms with van der Waals surface area (Å²) in [5.41, 5.74) is 1.74. The summed E-state index contributed by atoms with van der Waals surface area (Å²) in [6.07, 6.45) is 13.2. The Bertz CT molecular complexity index is 1250. The summed E-state index contributed by atoms with van der Waals surface area (Å²) in [4.78, 5) is 18.4. The van der Waals surface area contributed by atoms with Gasteiger partial charge in [-0.2, -0.15) is 0 Å². The molecule has 0 N–H and O–H groups in total. The molecule has 0 unspecified atom stereocenters. The van der Waals surface area contributed by atoms with E-state index in [2.05, 4.69) is 26.7 Å². The Morgan fingerprint density at radius 3 is 2.74 bits per heavy atom. The average molecular weight is 462 g/mol. The lowest BCUT2D eigenvalue weighted by Crippen LogP contribution is -1.97. The van der Waals surface area contributed by atoms with E-state index in [0.717, 1.165) is 37.6 Å². The Labute approximate surface area is 195 Å². The van der Waals surface area contributed by atoms with E-state index in [9.17, 15) is 14.5 Å². The van der Waals surface area contributed by atoms with Crippen molar-refractivity contribution in [1.82, 2.24) is 14.5 Å². The van der Waals surface area contributed by atoms with Crippen molar-refractivity contribution in [3.8, 4) is 5.75 Å². The molecule has 0 radical (unpaired) electrons. The molecule has 0 amide bonds. The first-order valence-electron chi connectivity index (χ1n) is 10.8. The number of oxazole rings is 1. The Morgan fingerprint density at radius 1 is 1.15 bits per heavy atom. The lowest BCUT2D eigenvalue weighted by Gasteiger charge is -2.06. The fourth-order valence-electron chi connectivity index (χ4n) is 3.34. The molecule has 0 bridgehead atoms. The highest BCUT2D eigenvalue weighted by Gasteiger charge is 2.09. The topological polar surface area (TPSA) is 96.2 Å². The zero-order valence-corrected chi connectivity index (χ0v) is 18.3. The SMILES string of the molecule is O=[N+]([O-])c1ccc(C=Cc2nc(COc3ccc(CCCCn4ccnc4)cc3)co2)c(F)c1. The number of halogens is 1. The van der Waals surface area contributed by atoms with Gasteiger partial charge in [0.1, 0.15) is 30.1 Å². The second kappa shape index (κ2) is 11.0. The maximum Gasteiger partial charge on any atom is 0.272 e. The molecule has 0 aliphatic carbocycles. The predicted octanol–water partition coefficient (Wildman–Crippen LogP) is 5.69. The second-order valence-corrected chi connectivity index (χ2v) is 7.66. The molecule has 2 heterocycles. The molecule has 2 aromatic heterocycles. The van der Waals surface area contributed by atoms with Crippen LogP contribution in [-0.2, 0) is 19.6 Å². The normalized spacial score (nSPS) is 11.2. The number of aryl methyl sites for hydroxylation is 2. The van der Waals surface area contributed by atoms with Gasteiger partial charge in [-0.15, -0.1) is 0 Å². The highest BCUT2D eigenvalue weighted by molar-refractivity contribution is 5.67. The number of nitro benzene ring substituents is 1. The van der Waals surface area contributed by atoms with Crippen LogP contribution in [0.15, 0.2) is 71.9 Å². The van der Waals surface area contributed by atoms with Gasteiger partial charge in [-0.25, -0.2) is 14.4 Å². The zero-order valence-electron chi connectivity index (χ0n) is 18.3. The van der Waals surface area contributed by atoms with Crippen LogP contribution >= 0.6 is 0 Å². The molecule has 174 valence electrons. The molecule has 0 saturated heterocycles. The third-order valence-electron chi connectivity index (χ3n) is 5.17. The van der Waals surface area contributed by atoms with Crippen molar-refractivity contribution in [1.29, 1.82) is 0 Å². The van der Waals surface area contributed by atoms with E-state index >= 15 is 0 Å². The van der Waals surface area contributed by atoms with Gasteiger partial charge < -0.3 is 13.7 Å². The standard InChI is InChI=1S/C25H23FN4O4/c26-24-15-22(30(31)32)8-6-20(24)7-11-25-28-21(17-34-25)16-33-23-9-4-19(5-10-23)3-1-2-13-29-14-12-27-18-29/h4-12,14-15,17-18H,1-3,13,16H2. The maximum atomic E-state index is 14.0. The van der Waals surface area contributed by atoms with Crippen LogP contribution in [0.4, 0.5) is 10.1 Å². The van der Waals surface area contributed by atoms with Crippen LogP contribution in [0, 0.1) is 15.9 Å². The van der Waals surface area contributed by atoms with E-state index in [1.165, 1.54) is 36.1 Å². The molecule has 0 aliphatic heterocycles. The Balaban J connectivity index is 1.23. The van der Waals surface area contributed by atoms with Crippen molar-refractivity contribution in [3.63, 3.8) is 0 Å². The molecule has 0 fully saturated rings.